The Kier molecular flexibility index (Phi) is 1.71. The lowest BCUT2D eigenvalue weighted by Gasteiger charge is -1.88. The molecule has 2 aromatic rings. The molecule has 0 amide bonds. The van der Waals surface area contributed by atoms with Gasteiger partial charge in [0.15, 0.2) is 0 Å². The Hall–Kier alpha value is -2.72. The molecular formula is C4H5N9O2. The Balaban J connectivity index is 2.45. The molecule has 0 fully saturated rings. The van der Waals surface area contributed by atoms with E-state index in [2.05, 4.69) is 25.3 Å². The zero-order valence-electron chi connectivity index (χ0n) is 7.15. The van der Waals surface area contributed by atoms with Gasteiger partial charge in [-0.2, -0.15) is 9.77 Å². The molecule has 0 radical (unpaired) electrons. The number of nitro groups is 1. The largest absolute Gasteiger partial charge is 0.453 e. The van der Waals surface area contributed by atoms with Gasteiger partial charge in [-0.05, 0) is 9.91 Å². The summed E-state index contributed by atoms with van der Waals surface area (Å²) in [7, 11) is 0. The number of nitrogens with two attached hydrogens (primary N) is 2. The van der Waals surface area contributed by atoms with Crippen LogP contribution in [-0.2, 0) is 0 Å². The molecule has 15 heavy (non-hydrogen) atoms. The lowest BCUT2D eigenvalue weighted by Crippen LogP contribution is -2.12. The first-order valence-electron chi connectivity index (χ1n) is 3.62. The number of nitrogens with zero attached hydrogens (tertiary/aromatic N) is 6. The molecule has 0 atom stereocenters. The maximum absolute atomic E-state index is 10.3. The summed E-state index contributed by atoms with van der Waals surface area (Å²) in [6.45, 7) is 0. The monoisotopic (exact) mass is 211 g/mol. The average Bonchev–Trinajstić information content (AvgIpc) is 2.71. The Morgan fingerprint density at radius 3 is 2.67 bits per heavy atom. The van der Waals surface area contributed by atoms with Gasteiger partial charge in [0, 0.05) is 0 Å². The first-order valence-corrected chi connectivity index (χ1v) is 3.62. The van der Waals surface area contributed by atoms with Crippen LogP contribution >= 0.6 is 0 Å². The van der Waals surface area contributed by atoms with Crippen LogP contribution in [0, 0.1) is 10.1 Å². The van der Waals surface area contributed by atoms with E-state index >= 15 is 0 Å². The van der Waals surface area contributed by atoms with Crippen molar-refractivity contribution in [2.45, 2.75) is 0 Å². The van der Waals surface area contributed by atoms with Crippen LogP contribution in [0.25, 0.3) is 11.6 Å². The summed E-state index contributed by atoms with van der Waals surface area (Å²) in [6, 6.07) is 0. The van der Waals surface area contributed by atoms with Crippen LogP contribution in [-0.4, -0.2) is 35.0 Å². The van der Waals surface area contributed by atoms with E-state index in [0.717, 1.165) is 4.79 Å². The molecule has 0 saturated heterocycles. The molecule has 11 nitrogen and oxygen atoms in total. The summed E-state index contributed by atoms with van der Waals surface area (Å²) < 4.78 is 0. The predicted octanol–water partition coefficient (Wildman–Crippen LogP) is -1.73. The van der Waals surface area contributed by atoms with E-state index in [1.807, 2.05) is 0 Å². The highest BCUT2D eigenvalue weighted by Gasteiger charge is 2.20. The number of anilines is 1. The molecule has 5 N–H and O–H groups in total. The standard InChI is InChI=1S/C4H5N9O2/c5-3-8-2(12(6)11-3)1-7-4(10-9-1)13(14)15/h6H2,(H2,5,11)(H,7,9,10). The highest BCUT2D eigenvalue weighted by molar-refractivity contribution is 5.46. The molecule has 11 heteroatoms. The molecular weight excluding hydrogens is 206 g/mol. The Morgan fingerprint density at radius 2 is 2.20 bits per heavy atom. The van der Waals surface area contributed by atoms with Gasteiger partial charge in [-0.3, -0.25) is 0 Å². The molecule has 2 aromatic heterocycles. The first-order chi connectivity index (χ1) is 7.08. The molecule has 0 unspecified atom stereocenters. The number of aromatic amines is 1. The fourth-order valence-electron chi connectivity index (χ4n) is 0.927. The summed E-state index contributed by atoms with van der Waals surface area (Å²) in [4.78, 5) is 17.6. The van der Waals surface area contributed by atoms with E-state index in [1.165, 1.54) is 0 Å². The number of rotatable bonds is 2. The summed E-state index contributed by atoms with van der Waals surface area (Å²) in [5, 5.41) is 19.5. The third kappa shape index (κ3) is 1.41. The second-order valence-corrected chi connectivity index (χ2v) is 2.48. The van der Waals surface area contributed by atoms with Crippen molar-refractivity contribution >= 4 is 11.9 Å². The molecule has 78 valence electrons. The van der Waals surface area contributed by atoms with Crippen LogP contribution in [0.3, 0.4) is 0 Å². The summed E-state index contributed by atoms with van der Waals surface area (Å²) in [5.41, 5.74) is 5.26. The van der Waals surface area contributed by atoms with Crippen LogP contribution in [0.1, 0.15) is 0 Å². The Morgan fingerprint density at radius 1 is 1.47 bits per heavy atom. The molecule has 0 aliphatic rings. The highest BCUT2D eigenvalue weighted by atomic mass is 16.6. The highest BCUT2D eigenvalue weighted by Crippen LogP contribution is 2.13. The van der Waals surface area contributed by atoms with Gasteiger partial charge in [-0.1, -0.05) is 5.10 Å². The summed E-state index contributed by atoms with van der Waals surface area (Å²) >= 11 is 0. The lowest BCUT2D eigenvalue weighted by atomic mass is 10.6. The molecule has 2 heterocycles. The number of aromatic nitrogens is 6. The van der Waals surface area contributed by atoms with Gasteiger partial charge in [0.25, 0.3) is 0 Å². The third-order valence-electron chi connectivity index (χ3n) is 1.49. The predicted molar refractivity (Wildman–Crippen MR) is 46.6 cm³/mol. The number of hydrogen-bond donors (Lipinski definition) is 3. The Labute approximate surface area is 81.2 Å². The second kappa shape index (κ2) is 2.90. The minimum Gasteiger partial charge on any atom is -0.390 e. The fourth-order valence-corrected chi connectivity index (χ4v) is 0.927. The zero-order chi connectivity index (χ0) is 11.0. The van der Waals surface area contributed by atoms with E-state index in [0.29, 0.717) is 0 Å². The minimum absolute atomic E-state index is 0.0388. The van der Waals surface area contributed by atoms with Crippen molar-refractivity contribution in [2.24, 2.45) is 0 Å². The second-order valence-electron chi connectivity index (χ2n) is 2.48. The number of hydrogen-bond acceptors (Lipinski definition) is 8. The van der Waals surface area contributed by atoms with Crippen molar-refractivity contribution in [3.63, 3.8) is 0 Å². The third-order valence-corrected chi connectivity index (χ3v) is 1.49. The molecule has 0 aromatic carbocycles. The van der Waals surface area contributed by atoms with Crippen molar-refractivity contribution in [2.75, 3.05) is 11.6 Å². The van der Waals surface area contributed by atoms with Crippen molar-refractivity contribution < 1.29 is 4.92 Å². The molecule has 0 aliphatic heterocycles. The minimum atomic E-state index is -0.725. The van der Waals surface area contributed by atoms with E-state index in [-0.39, 0.29) is 17.6 Å². The molecule has 0 aliphatic carbocycles. The van der Waals surface area contributed by atoms with Crippen LogP contribution in [0.5, 0.6) is 0 Å². The SMILES string of the molecule is Nc1nc(-c2n[nH]c([N+](=O)[O-])n2)n(N)n1. The normalized spacial score (nSPS) is 10.4. The molecule has 0 saturated carbocycles. The summed E-state index contributed by atoms with van der Waals surface area (Å²) in [6.07, 6.45) is 0. The van der Waals surface area contributed by atoms with E-state index in [1.54, 1.807) is 0 Å². The van der Waals surface area contributed by atoms with Crippen LogP contribution in [0.2, 0.25) is 0 Å². The van der Waals surface area contributed by atoms with Crippen LogP contribution < -0.4 is 11.6 Å². The van der Waals surface area contributed by atoms with Crippen molar-refractivity contribution in [1.29, 1.82) is 0 Å². The van der Waals surface area contributed by atoms with Crippen LogP contribution in [0.4, 0.5) is 11.9 Å². The van der Waals surface area contributed by atoms with Gasteiger partial charge in [-0.25, -0.2) is 0 Å². The van der Waals surface area contributed by atoms with Gasteiger partial charge in [-0.15, -0.1) is 10.2 Å². The van der Waals surface area contributed by atoms with E-state index in [9.17, 15) is 10.1 Å². The molecule has 2 rings (SSSR count). The molecule has 0 spiro atoms. The van der Waals surface area contributed by atoms with Gasteiger partial charge in [0.2, 0.25) is 11.8 Å². The van der Waals surface area contributed by atoms with Crippen LogP contribution in [0.15, 0.2) is 0 Å². The lowest BCUT2D eigenvalue weighted by molar-refractivity contribution is -0.394. The van der Waals surface area contributed by atoms with Crippen molar-refractivity contribution in [1.82, 2.24) is 30.1 Å². The van der Waals surface area contributed by atoms with Gasteiger partial charge < -0.3 is 21.7 Å². The number of H-pyrrole nitrogens is 1. The first kappa shape index (κ1) is 8.86. The average molecular weight is 211 g/mol. The molecule has 0 bridgehead atoms. The maximum atomic E-state index is 10.3. The number of nitrogens with one attached hydrogen (secondary N) is 1. The van der Waals surface area contributed by atoms with Gasteiger partial charge in [0.1, 0.15) is 0 Å². The quantitative estimate of drug-likeness (QED) is 0.299. The van der Waals surface area contributed by atoms with Crippen molar-refractivity contribution in [3.05, 3.63) is 10.1 Å². The number of nitrogen functional groups attached to an aromatic ring is 2. The zero-order valence-corrected chi connectivity index (χ0v) is 7.15. The van der Waals surface area contributed by atoms with E-state index in [4.69, 9.17) is 11.6 Å². The van der Waals surface area contributed by atoms with Crippen molar-refractivity contribution in [3.8, 4) is 11.6 Å². The topological polar surface area (TPSA) is 167 Å². The summed E-state index contributed by atoms with van der Waals surface area (Å²) in [5.74, 6) is 4.77. The van der Waals surface area contributed by atoms with Gasteiger partial charge >= 0.3 is 11.8 Å². The maximum Gasteiger partial charge on any atom is 0.453 e. The fraction of sp³-hybridized carbons (Fsp3) is 0. The Bertz CT molecular complexity index is 512. The smallest absolute Gasteiger partial charge is 0.390 e. The van der Waals surface area contributed by atoms with Gasteiger partial charge in [0.05, 0.1) is 0 Å². The van der Waals surface area contributed by atoms with E-state index < -0.39 is 10.9 Å².